The molecule has 0 aromatic carbocycles. The first-order valence-electron chi connectivity index (χ1n) is 2.49. The van der Waals surface area contributed by atoms with Crippen molar-refractivity contribution in [2.45, 2.75) is 6.92 Å². The van der Waals surface area contributed by atoms with Crippen LogP contribution in [0.2, 0.25) is 0 Å². The monoisotopic (exact) mass is 253 g/mol. The van der Waals surface area contributed by atoms with Gasteiger partial charge >= 0.3 is 0 Å². The minimum Gasteiger partial charge on any atom is -0.278 e. The van der Waals surface area contributed by atoms with E-state index in [1.54, 1.807) is 22.6 Å². The zero-order valence-corrected chi connectivity index (χ0v) is 7.25. The Morgan fingerprint density at radius 3 is 2.00 bits per heavy atom. The molecule has 0 aromatic rings. The molecule has 0 bridgehead atoms. The minimum atomic E-state index is -0.636. The van der Waals surface area contributed by atoms with Crippen molar-refractivity contribution < 1.29 is 14.8 Å². The van der Waals surface area contributed by atoms with E-state index < -0.39 is 11.8 Å². The lowest BCUT2D eigenvalue weighted by Gasteiger charge is -2.00. The van der Waals surface area contributed by atoms with Crippen molar-refractivity contribution >= 4 is 34.4 Å². The fraction of sp³-hybridized carbons (Fsp3) is 0.200. The summed E-state index contributed by atoms with van der Waals surface area (Å²) in [7, 11) is 0. The van der Waals surface area contributed by atoms with Crippen molar-refractivity contribution in [3.8, 4) is 0 Å². The maximum Gasteiger partial charge on any atom is 0.291 e. The van der Waals surface area contributed by atoms with Gasteiger partial charge in [-0.2, -0.15) is 0 Å². The number of hydrogen-bond donors (Lipinski definition) is 1. The van der Waals surface area contributed by atoms with E-state index in [9.17, 15) is 9.59 Å². The van der Waals surface area contributed by atoms with E-state index >= 15 is 0 Å². The Labute approximate surface area is 70.6 Å². The average Bonchev–Trinajstić information content (AvgIpc) is 2.07. The first kappa shape index (κ1) is 7.67. The summed E-state index contributed by atoms with van der Waals surface area (Å²) in [5.74, 6) is -1.27. The molecule has 54 valence electrons. The number of nitrogens with zero attached hydrogens (tertiary/aromatic N) is 1. The second-order valence-corrected chi connectivity index (χ2v) is 2.94. The summed E-state index contributed by atoms with van der Waals surface area (Å²) in [6.45, 7) is 1.50. The van der Waals surface area contributed by atoms with Crippen molar-refractivity contribution in [2.24, 2.45) is 0 Å². The molecule has 2 amide bonds. The summed E-state index contributed by atoms with van der Waals surface area (Å²) >= 11 is 1.72. The molecular formula is C5H4INO3. The van der Waals surface area contributed by atoms with Crippen LogP contribution in [0.15, 0.2) is 9.15 Å². The van der Waals surface area contributed by atoms with E-state index in [0.29, 0.717) is 5.57 Å². The van der Waals surface area contributed by atoms with E-state index in [-0.39, 0.29) is 8.64 Å². The van der Waals surface area contributed by atoms with Gasteiger partial charge in [0.05, 0.1) is 3.58 Å². The van der Waals surface area contributed by atoms with Gasteiger partial charge in [0.2, 0.25) is 0 Å². The van der Waals surface area contributed by atoms with Crippen molar-refractivity contribution in [1.29, 1.82) is 0 Å². The van der Waals surface area contributed by atoms with Crippen molar-refractivity contribution in [3.05, 3.63) is 9.15 Å². The number of halogens is 1. The normalized spacial score (nSPS) is 19.3. The Kier molecular flexibility index (Phi) is 1.78. The van der Waals surface area contributed by atoms with Gasteiger partial charge < -0.3 is 0 Å². The smallest absolute Gasteiger partial charge is 0.278 e. The van der Waals surface area contributed by atoms with Crippen LogP contribution >= 0.6 is 22.6 Å². The fourth-order valence-corrected chi connectivity index (χ4v) is 1.06. The van der Waals surface area contributed by atoms with Crippen LogP contribution < -0.4 is 0 Å². The molecule has 0 radical (unpaired) electrons. The molecule has 1 aliphatic rings. The highest BCUT2D eigenvalue weighted by Crippen LogP contribution is 2.23. The van der Waals surface area contributed by atoms with Crippen LogP contribution in [0.25, 0.3) is 0 Å². The zero-order chi connectivity index (χ0) is 7.89. The van der Waals surface area contributed by atoms with E-state index in [1.807, 2.05) is 0 Å². The van der Waals surface area contributed by atoms with Crippen molar-refractivity contribution in [3.63, 3.8) is 0 Å². The molecule has 10 heavy (non-hydrogen) atoms. The van der Waals surface area contributed by atoms with Gasteiger partial charge in [0, 0.05) is 5.57 Å². The van der Waals surface area contributed by atoms with Crippen molar-refractivity contribution in [2.75, 3.05) is 0 Å². The quantitative estimate of drug-likeness (QED) is 0.387. The summed E-state index contributed by atoms with van der Waals surface area (Å²) < 4.78 is 0.283. The summed E-state index contributed by atoms with van der Waals surface area (Å²) in [6, 6.07) is 0. The number of hydrogen-bond acceptors (Lipinski definition) is 3. The van der Waals surface area contributed by atoms with Crippen LogP contribution in [0.1, 0.15) is 6.92 Å². The molecule has 0 saturated heterocycles. The minimum absolute atomic E-state index is 0.122. The SMILES string of the molecule is CC1=C(I)C(=O)N(O)C1=O. The van der Waals surface area contributed by atoms with Crippen LogP contribution in [0.4, 0.5) is 0 Å². The molecule has 1 rings (SSSR count). The number of amides is 2. The van der Waals surface area contributed by atoms with Gasteiger partial charge in [0.1, 0.15) is 0 Å². The third-order valence-corrected chi connectivity index (χ3v) is 2.49. The maximum atomic E-state index is 10.7. The second-order valence-electron chi connectivity index (χ2n) is 1.86. The summed E-state index contributed by atoms with van der Waals surface area (Å²) in [4.78, 5) is 21.4. The lowest BCUT2D eigenvalue weighted by molar-refractivity contribution is -0.169. The number of imide groups is 1. The summed E-state index contributed by atoms with van der Waals surface area (Å²) in [5.41, 5.74) is 0.299. The van der Waals surface area contributed by atoms with Gasteiger partial charge in [0.15, 0.2) is 0 Å². The van der Waals surface area contributed by atoms with E-state index in [4.69, 9.17) is 5.21 Å². The van der Waals surface area contributed by atoms with Gasteiger partial charge in [0.25, 0.3) is 11.8 Å². The first-order chi connectivity index (χ1) is 4.55. The molecule has 5 heteroatoms. The molecule has 0 aromatic heterocycles. The molecule has 0 spiro atoms. The second kappa shape index (κ2) is 2.31. The summed E-state index contributed by atoms with van der Waals surface area (Å²) in [6.07, 6.45) is 0. The Balaban J connectivity index is 3.11. The predicted molar refractivity (Wildman–Crippen MR) is 40.4 cm³/mol. The standard InChI is InChI=1S/C5H4INO3/c1-2-3(6)5(9)7(10)4(2)8/h10H,1H3. The lowest BCUT2D eigenvalue weighted by Crippen LogP contribution is -2.26. The predicted octanol–water partition coefficient (Wildman–Crippen LogP) is 0.453. The highest BCUT2D eigenvalue weighted by molar-refractivity contribution is 14.1. The molecule has 1 aliphatic heterocycles. The lowest BCUT2D eigenvalue weighted by atomic mass is 10.3. The van der Waals surface area contributed by atoms with Crippen LogP contribution in [0, 0.1) is 0 Å². The third kappa shape index (κ3) is 0.853. The van der Waals surface area contributed by atoms with E-state index in [0.717, 1.165) is 0 Å². The maximum absolute atomic E-state index is 10.7. The molecule has 0 aliphatic carbocycles. The Hall–Kier alpha value is -0.430. The highest BCUT2D eigenvalue weighted by atomic mass is 127. The van der Waals surface area contributed by atoms with Gasteiger partial charge in [-0.15, -0.1) is 5.06 Å². The summed E-state index contributed by atoms with van der Waals surface area (Å²) in [5, 5.41) is 8.82. The molecular weight excluding hydrogens is 249 g/mol. The molecule has 0 fully saturated rings. The molecule has 0 unspecified atom stereocenters. The van der Waals surface area contributed by atoms with Gasteiger partial charge in [-0.25, -0.2) is 0 Å². The van der Waals surface area contributed by atoms with Gasteiger partial charge in [-0.05, 0) is 29.5 Å². The van der Waals surface area contributed by atoms with E-state index in [2.05, 4.69) is 0 Å². The fourth-order valence-electron chi connectivity index (χ4n) is 0.598. The number of carbonyl (C=O) groups is 2. The largest absolute Gasteiger partial charge is 0.291 e. The van der Waals surface area contributed by atoms with Crippen LogP contribution in [0.5, 0.6) is 0 Å². The Morgan fingerprint density at radius 2 is 1.90 bits per heavy atom. The Bertz CT molecular complexity index is 221. The third-order valence-electron chi connectivity index (χ3n) is 1.22. The van der Waals surface area contributed by atoms with Crippen molar-refractivity contribution in [1.82, 2.24) is 5.06 Å². The zero-order valence-electron chi connectivity index (χ0n) is 5.09. The number of hydroxylamine groups is 2. The average molecular weight is 253 g/mol. The highest BCUT2D eigenvalue weighted by Gasteiger charge is 2.33. The van der Waals surface area contributed by atoms with E-state index in [1.165, 1.54) is 6.92 Å². The molecule has 1 heterocycles. The van der Waals surface area contributed by atoms with Crippen LogP contribution in [0.3, 0.4) is 0 Å². The van der Waals surface area contributed by atoms with Crippen LogP contribution in [-0.4, -0.2) is 22.1 Å². The number of rotatable bonds is 0. The molecule has 4 nitrogen and oxygen atoms in total. The van der Waals surface area contributed by atoms with Gasteiger partial charge in [-0.3, -0.25) is 14.8 Å². The van der Waals surface area contributed by atoms with Gasteiger partial charge in [-0.1, -0.05) is 0 Å². The van der Waals surface area contributed by atoms with Crippen LogP contribution in [-0.2, 0) is 9.59 Å². The number of carbonyl (C=O) groups excluding carboxylic acids is 2. The molecule has 0 saturated carbocycles. The molecule has 1 N–H and O–H groups in total. The topological polar surface area (TPSA) is 57.6 Å². The molecule has 0 atom stereocenters. The first-order valence-corrected chi connectivity index (χ1v) is 3.57. The Morgan fingerprint density at radius 1 is 1.40 bits per heavy atom.